The molecule has 1 heterocycles. The molecular formula is C12H16N2O. The van der Waals surface area contributed by atoms with E-state index in [0.29, 0.717) is 0 Å². The van der Waals surface area contributed by atoms with E-state index in [2.05, 4.69) is 25.8 Å². The number of benzene rings is 1. The molecule has 0 radical (unpaired) electrons. The number of nitrogens with two attached hydrogens (primary N) is 1. The Bertz CT molecular complexity index is 506. The van der Waals surface area contributed by atoms with Gasteiger partial charge in [-0.25, -0.2) is 4.98 Å². The second-order valence-corrected chi connectivity index (χ2v) is 4.96. The van der Waals surface area contributed by atoms with Crippen molar-refractivity contribution in [3.8, 4) is 0 Å². The lowest BCUT2D eigenvalue weighted by Crippen LogP contribution is -2.10. The molecule has 1 aromatic carbocycles. The summed E-state index contributed by atoms with van der Waals surface area (Å²) in [5.41, 5.74) is 9.14. The van der Waals surface area contributed by atoms with Crippen molar-refractivity contribution in [2.75, 3.05) is 5.73 Å². The van der Waals surface area contributed by atoms with Gasteiger partial charge in [0.25, 0.3) is 0 Å². The van der Waals surface area contributed by atoms with Crippen LogP contribution in [-0.2, 0) is 5.41 Å². The Balaban J connectivity index is 2.71. The van der Waals surface area contributed by atoms with Crippen molar-refractivity contribution in [3.63, 3.8) is 0 Å². The molecule has 0 saturated carbocycles. The lowest BCUT2D eigenvalue weighted by molar-refractivity contribution is 0.410. The van der Waals surface area contributed by atoms with Crippen LogP contribution in [0, 0.1) is 6.92 Å². The summed E-state index contributed by atoms with van der Waals surface area (Å²) in [6.45, 7) is 8.22. The molecule has 0 aliphatic carbocycles. The summed E-state index contributed by atoms with van der Waals surface area (Å²) < 4.78 is 5.75. The number of oxazole rings is 1. The maximum atomic E-state index is 5.76. The topological polar surface area (TPSA) is 52.0 Å². The third-order valence-corrected chi connectivity index (χ3v) is 2.34. The summed E-state index contributed by atoms with van der Waals surface area (Å²) in [6, 6.07) is 3.75. The minimum absolute atomic E-state index is 0.0692. The highest BCUT2D eigenvalue weighted by molar-refractivity contribution is 5.80. The van der Waals surface area contributed by atoms with Crippen LogP contribution < -0.4 is 5.73 Å². The third-order valence-electron chi connectivity index (χ3n) is 2.34. The van der Waals surface area contributed by atoms with E-state index in [9.17, 15) is 0 Å². The van der Waals surface area contributed by atoms with Crippen molar-refractivity contribution in [1.29, 1.82) is 0 Å². The zero-order valence-corrected chi connectivity index (χ0v) is 9.59. The van der Waals surface area contributed by atoms with E-state index >= 15 is 0 Å². The first kappa shape index (κ1) is 10.0. The van der Waals surface area contributed by atoms with Gasteiger partial charge in [0.15, 0.2) is 5.58 Å². The standard InChI is InChI=1S/C12H16N2O/c1-7-5-8(13)6-9-10(7)15-11(14-9)12(2,3)4/h5-6H,13H2,1-4H3. The average Bonchev–Trinajstić information content (AvgIpc) is 2.46. The summed E-state index contributed by atoms with van der Waals surface area (Å²) in [6.07, 6.45) is 0. The zero-order valence-electron chi connectivity index (χ0n) is 9.59. The van der Waals surface area contributed by atoms with Crippen LogP contribution in [0.25, 0.3) is 11.1 Å². The molecule has 0 atom stereocenters. The fraction of sp³-hybridized carbons (Fsp3) is 0.417. The van der Waals surface area contributed by atoms with Gasteiger partial charge in [-0.15, -0.1) is 0 Å². The van der Waals surface area contributed by atoms with Crippen molar-refractivity contribution in [2.45, 2.75) is 33.1 Å². The van der Waals surface area contributed by atoms with E-state index in [-0.39, 0.29) is 5.41 Å². The van der Waals surface area contributed by atoms with Gasteiger partial charge in [0, 0.05) is 11.1 Å². The summed E-state index contributed by atoms with van der Waals surface area (Å²) in [4.78, 5) is 4.46. The second-order valence-electron chi connectivity index (χ2n) is 4.96. The van der Waals surface area contributed by atoms with Gasteiger partial charge < -0.3 is 10.2 Å². The highest BCUT2D eigenvalue weighted by Gasteiger charge is 2.21. The molecule has 80 valence electrons. The van der Waals surface area contributed by atoms with Crippen molar-refractivity contribution in [1.82, 2.24) is 4.98 Å². The predicted octanol–water partition coefficient (Wildman–Crippen LogP) is 3.02. The number of hydrogen-bond donors (Lipinski definition) is 1. The van der Waals surface area contributed by atoms with Crippen molar-refractivity contribution < 1.29 is 4.42 Å². The molecule has 3 nitrogen and oxygen atoms in total. The predicted molar refractivity (Wildman–Crippen MR) is 61.9 cm³/mol. The third kappa shape index (κ3) is 1.69. The molecule has 0 saturated heterocycles. The number of fused-ring (bicyclic) bond motifs is 1. The molecular weight excluding hydrogens is 188 g/mol. The van der Waals surface area contributed by atoms with Crippen molar-refractivity contribution in [2.24, 2.45) is 0 Å². The number of rotatable bonds is 0. The van der Waals surface area contributed by atoms with Crippen LogP contribution in [0.4, 0.5) is 5.69 Å². The first-order chi connectivity index (χ1) is 6.88. The molecule has 0 spiro atoms. The van der Waals surface area contributed by atoms with Gasteiger partial charge in [-0.05, 0) is 24.6 Å². The van der Waals surface area contributed by atoms with Gasteiger partial charge in [-0.3, -0.25) is 0 Å². The molecule has 1 aromatic heterocycles. The molecule has 2 aromatic rings. The number of anilines is 1. The van der Waals surface area contributed by atoms with E-state index in [0.717, 1.165) is 28.2 Å². The van der Waals surface area contributed by atoms with Crippen LogP contribution in [0.5, 0.6) is 0 Å². The van der Waals surface area contributed by atoms with Crippen LogP contribution in [-0.4, -0.2) is 4.98 Å². The smallest absolute Gasteiger partial charge is 0.200 e. The van der Waals surface area contributed by atoms with Gasteiger partial charge in [0.05, 0.1) is 0 Å². The number of aromatic nitrogens is 1. The average molecular weight is 204 g/mol. The Hall–Kier alpha value is -1.51. The summed E-state index contributed by atoms with van der Waals surface area (Å²) in [7, 11) is 0. The molecule has 0 aliphatic heterocycles. The normalized spacial score (nSPS) is 12.3. The van der Waals surface area contributed by atoms with Crippen LogP contribution in [0.2, 0.25) is 0 Å². The highest BCUT2D eigenvalue weighted by atomic mass is 16.3. The maximum Gasteiger partial charge on any atom is 0.200 e. The summed E-state index contributed by atoms with van der Waals surface area (Å²) in [5.74, 6) is 0.756. The molecule has 2 rings (SSSR count). The number of aryl methyl sites for hydroxylation is 1. The Morgan fingerprint density at radius 3 is 2.53 bits per heavy atom. The first-order valence-electron chi connectivity index (χ1n) is 5.05. The van der Waals surface area contributed by atoms with Crippen LogP contribution in [0.15, 0.2) is 16.5 Å². The van der Waals surface area contributed by atoms with E-state index < -0.39 is 0 Å². The van der Waals surface area contributed by atoms with Crippen LogP contribution in [0.1, 0.15) is 32.2 Å². The lowest BCUT2D eigenvalue weighted by atomic mass is 9.97. The number of nitrogen functional groups attached to an aromatic ring is 1. The first-order valence-corrected chi connectivity index (χ1v) is 5.05. The van der Waals surface area contributed by atoms with Gasteiger partial charge in [0.2, 0.25) is 5.89 Å². The van der Waals surface area contributed by atoms with Gasteiger partial charge >= 0.3 is 0 Å². The molecule has 0 bridgehead atoms. The van der Waals surface area contributed by atoms with Crippen LogP contribution >= 0.6 is 0 Å². The number of nitrogens with zero attached hydrogens (tertiary/aromatic N) is 1. The zero-order chi connectivity index (χ0) is 11.2. The van der Waals surface area contributed by atoms with E-state index in [1.807, 2.05) is 19.1 Å². The van der Waals surface area contributed by atoms with E-state index in [1.54, 1.807) is 0 Å². The molecule has 2 N–H and O–H groups in total. The molecule has 0 aliphatic rings. The Morgan fingerprint density at radius 2 is 1.93 bits per heavy atom. The molecule has 0 unspecified atom stereocenters. The lowest BCUT2D eigenvalue weighted by Gasteiger charge is -2.11. The second kappa shape index (κ2) is 2.99. The molecule has 3 heteroatoms. The summed E-state index contributed by atoms with van der Waals surface area (Å²) >= 11 is 0. The molecule has 0 fully saturated rings. The van der Waals surface area contributed by atoms with Gasteiger partial charge in [-0.1, -0.05) is 20.8 Å². The fourth-order valence-electron chi connectivity index (χ4n) is 1.55. The van der Waals surface area contributed by atoms with Gasteiger partial charge in [0.1, 0.15) is 5.52 Å². The van der Waals surface area contributed by atoms with Crippen molar-refractivity contribution >= 4 is 16.8 Å². The monoisotopic (exact) mass is 204 g/mol. The van der Waals surface area contributed by atoms with Crippen molar-refractivity contribution in [3.05, 3.63) is 23.6 Å². The van der Waals surface area contributed by atoms with Crippen LogP contribution in [0.3, 0.4) is 0 Å². The van der Waals surface area contributed by atoms with E-state index in [1.165, 1.54) is 0 Å². The molecule has 0 amide bonds. The number of hydrogen-bond acceptors (Lipinski definition) is 3. The largest absolute Gasteiger partial charge is 0.440 e. The quantitative estimate of drug-likeness (QED) is 0.671. The Labute approximate surface area is 89.3 Å². The molecule has 15 heavy (non-hydrogen) atoms. The minimum atomic E-state index is -0.0692. The Morgan fingerprint density at radius 1 is 1.27 bits per heavy atom. The maximum absolute atomic E-state index is 5.76. The summed E-state index contributed by atoms with van der Waals surface area (Å²) in [5, 5.41) is 0. The minimum Gasteiger partial charge on any atom is -0.440 e. The SMILES string of the molecule is Cc1cc(N)cc2nc(C(C)(C)C)oc12. The van der Waals surface area contributed by atoms with E-state index in [4.69, 9.17) is 10.2 Å². The fourth-order valence-corrected chi connectivity index (χ4v) is 1.55. The van der Waals surface area contributed by atoms with Gasteiger partial charge in [-0.2, -0.15) is 0 Å². The highest BCUT2D eigenvalue weighted by Crippen LogP contribution is 2.28. The Kier molecular flexibility index (Phi) is 2.00.